The molecule has 0 saturated carbocycles. The van der Waals surface area contributed by atoms with Gasteiger partial charge in [-0.25, -0.2) is 9.78 Å². The number of aliphatic carboxylic acids is 2. The van der Waals surface area contributed by atoms with Crippen LogP contribution < -0.4 is 5.73 Å². The summed E-state index contributed by atoms with van der Waals surface area (Å²) in [5, 5.41) is 16.7. The Balaban J connectivity index is 0.000000220. The Morgan fingerprint density at radius 1 is 1.27 bits per heavy atom. The molecule has 0 spiro atoms. The number of carbonyl (C=O) groups is 2. The highest BCUT2D eigenvalue weighted by molar-refractivity contribution is 5.85. The second kappa shape index (κ2) is 9.09. The zero-order chi connectivity index (χ0) is 16.4. The van der Waals surface area contributed by atoms with Crippen molar-refractivity contribution in [1.29, 1.82) is 0 Å². The van der Waals surface area contributed by atoms with E-state index in [9.17, 15) is 9.59 Å². The fourth-order valence-electron chi connectivity index (χ4n) is 1.45. The van der Waals surface area contributed by atoms with Crippen LogP contribution in [0.3, 0.4) is 0 Å². The molecule has 7 heteroatoms. The molecule has 0 aliphatic carbocycles. The molecule has 0 bridgehead atoms. The van der Waals surface area contributed by atoms with Gasteiger partial charge in [-0.1, -0.05) is 30.3 Å². The van der Waals surface area contributed by atoms with E-state index in [1.165, 1.54) is 6.33 Å². The van der Waals surface area contributed by atoms with E-state index in [1.54, 1.807) is 12.3 Å². The van der Waals surface area contributed by atoms with E-state index in [0.29, 0.717) is 5.69 Å². The van der Waals surface area contributed by atoms with Gasteiger partial charge in [-0.15, -0.1) is 0 Å². The summed E-state index contributed by atoms with van der Waals surface area (Å²) >= 11 is 0. The number of hydrogen-bond acceptors (Lipinski definition) is 4. The van der Waals surface area contributed by atoms with Crippen LogP contribution in [0.15, 0.2) is 48.9 Å². The van der Waals surface area contributed by atoms with Gasteiger partial charge in [-0.05, 0) is 11.6 Å². The molecule has 5 N–H and O–H groups in total. The summed E-state index contributed by atoms with van der Waals surface area (Å²) in [6.07, 6.45) is 6.06. The van der Waals surface area contributed by atoms with Crippen LogP contribution in [0, 0.1) is 0 Å². The van der Waals surface area contributed by atoms with E-state index >= 15 is 0 Å². The number of aromatic amines is 1. The van der Waals surface area contributed by atoms with Gasteiger partial charge in [-0.3, -0.25) is 4.79 Å². The van der Waals surface area contributed by atoms with E-state index in [4.69, 9.17) is 15.9 Å². The molecule has 1 aromatic heterocycles. The van der Waals surface area contributed by atoms with Gasteiger partial charge in [0, 0.05) is 18.7 Å². The van der Waals surface area contributed by atoms with Gasteiger partial charge in [0.1, 0.15) is 6.04 Å². The van der Waals surface area contributed by atoms with Gasteiger partial charge in [0.2, 0.25) is 0 Å². The number of hydrogen-bond donors (Lipinski definition) is 4. The summed E-state index contributed by atoms with van der Waals surface area (Å²) in [4.78, 5) is 26.9. The molecule has 7 nitrogen and oxygen atoms in total. The summed E-state index contributed by atoms with van der Waals surface area (Å²) in [5.41, 5.74) is 6.82. The molecule has 1 heterocycles. The minimum Gasteiger partial charge on any atom is -0.480 e. The van der Waals surface area contributed by atoms with Crippen LogP contribution in [0.4, 0.5) is 0 Å². The predicted octanol–water partition coefficient (Wildman–Crippen LogP) is 1.15. The minimum atomic E-state index is -1.01. The number of H-pyrrole nitrogens is 1. The highest BCUT2D eigenvalue weighted by Crippen LogP contribution is 2.00. The van der Waals surface area contributed by atoms with Crippen molar-refractivity contribution < 1.29 is 19.8 Å². The van der Waals surface area contributed by atoms with Crippen LogP contribution in [0.25, 0.3) is 6.08 Å². The number of benzene rings is 1. The molecule has 0 fully saturated rings. The van der Waals surface area contributed by atoms with Gasteiger partial charge >= 0.3 is 11.9 Å². The average molecular weight is 303 g/mol. The summed E-state index contributed by atoms with van der Waals surface area (Å²) in [6.45, 7) is 0. The maximum Gasteiger partial charge on any atom is 0.328 e. The summed E-state index contributed by atoms with van der Waals surface area (Å²) < 4.78 is 0. The number of rotatable bonds is 5. The molecule has 0 radical (unpaired) electrons. The van der Waals surface area contributed by atoms with E-state index in [-0.39, 0.29) is 6.42 Å². The first-order chi connectivity index (χ1) is 10.5. The van der Waals surface area contributed by atoms with Crippen LogP contribution in [0.1, 0.15) is 11.3 Å². The Labute approximate surface area is 127 Å². The molecule has 2 rings (SSSR count). The van der Waals surface area contributed by atoms with Crippen molar-refractivity contribution in [1.82, 2.24) is 9.97 Å². The number of carboxylic acids is 2. The molecule has 22 heavy (non-hydrogen) atoms. The topological polar surface area (TPSA) is 129 Å². The van der Waals surface area contributed by atoms with Crippen molar-refractivity contribution in [3.05, 3.63) is 60.2 Å². The van der Waals surface area contributed by atoms with Gasteiger partial charge in [0.25, 0.3) is 0 Å². The number of nitrogens with one attached hydrogen (secondary N) is 1. The fourth-order valence-corrected chi connectivity index (χ4v) is 1.45. The number of imidazole rings is 1. The Hall–Kier alpha value is -2.93. The largest absolute Gasteiger partial charge is 0.480 e. The first-order valence-electron chi connectivity index (χ1n) is 6.41. The zero-order valence-electron chi connectivity index (χ0n) is 11.7. The minimum absolute atomic E-state index is 0.263. The molecular formula is C15H17N3O4. The second-order valence-corrected chi connectivity index (χ2v) is 4.29. The quantitative estimate of drug-likeness (QED) is 0.613. The number of carboxylic acid groups (broad SMARTS) is 2. The molecular weight excluding hydrogens is 286 g/mol. The Morgan fingerprint density at radius 3 is 2.45 bits per heavy atom. The van der Waals surface area contributed by atoms with E-state index in [2.05, 4.69) is 9.97 Å². The summed E-state index contributed by atoms with van der Waals surface area (Å²) in [6, 6.07) is 8.44. The highest BCUT2D eigenvalue weighted by Gasteiger charge is 2.12. The molecule has 1 atom stereocenters. The monoisotopic (exact) mass is 303 g/mol. The Bertz CT molecular complexity index is 609. The summed E-state index contributed by atoms with van der Waals surface area (Å²) in [7, 11) is 0. The number of aromatic nitrogens is 2. The molecule has 0 saturated heterocycles. The predicted molar refractivity (Wildman–Crippen MR) is 81.0 cm³/mol. The SMILES string of the molecule is N[C@@H](Cc1c[nH]cn1)C(=O)O.O=C(O)C=Cc1ccccc1. The van der Waals surface area contributed by atoms with E-state index < -0.39 is 18.0 Å². The van der Waals surface area contributed by atoms with Crippen molar-refractivity contribution in [3.63, 3.8) is 0 Å². The smallest absolute Gasteiger partial charge is 0.328 e. The third-order valence-electron chi connectivity index (χ3n) is 2.52. The Morgan fingerprint density at radius 2 is 1.95 bits per heavy atom. The third-order valence-corrected chi connectivity index (χ3v) is 2.52. The maximum atomic E-state index is 10.3. The average Bonchev–Trinajstić information content (AvgIpc) is 3.00. The summed E-state index contributed by atoms with van der Waals surface area (Å²) in [5.74, 6) is -1.93. The standard InChI is InChI=1S/C9H8O2.C6H9N3O2/c10-9(11)7-6-8-4-2-1-3-5-8;7-5(6(10)11)1-4-2-8-3-9-4/h1-7H,(H,10,11);2-3,5H,1,7H2,(H,8,9)(H,10,11)/t;5-/m.0/s1. The van der Waals surface area contributed by atoms with Crippen molar-refractivity contribution >= 4 is 18.0 Å². The van der Waals surface area contributed by atoms with E-state index in [1.807, 2.05) is 30.3 Å². The van der Waals surface area contributed by atoms with Crippen molar-refractivity contribution in [3.8, 4) is 0 Å². The van der Waals surface area contributed by atoms with Crippen molar-refractivity contribution in [2.24, 2.45) is 5.73 Å². The molecule has 2 aromatic rings. The first kappa shape index (κ1) is 17.1. The normalized spacial score (nSPS) is 11.5. The van der Waals surface area contributed by atoms with Gasteiger partial charge in [-0.2, -0.15) is 0 Å². The van der Waals surface area contributed by atoms with Crippen LogP contribution in [-0.2, 0) is 16.0 Å². The zero-order valence-corrected chi connectivity index (χ0v) is 11.7. The van der Waals surface area contributed by atoms with Gasteiger partial charge < -0.3 is 20.9 Å². The van der Waals surface area contributed by atoms with Crippen LogP contribution in [0.2, 0.25) is 0 Å². The molecule has 0 aliphatic rings. The van der Waals surface area contributed by atoms with Crippen LogP contribution in [-0.4, -0.2) is 38.2 Å². The van der Waals surface area contributed by atoms with Crippen molar-refractivity contribution in [2.75, 3.05) is 0 Å². The second-order valence-electron chi connectivity index (χ2n) is 4.29. The lowest BCUT2D eigenvalue weighted by molar-refractivity contribution is -0.138. The maximum absolute atomic E-state index is 10.3. The third kappa shape index (κ3) is 7.01. The number of nitrogens with two attached hydrogens (primary N) is 1. The van der Waals surface area contributed by atoms with Crippen LogP contribution in [0.5, 0.6) is 0 Å². The lowest BCUT2D eigenvalue weighted by atomic mass is 10.2. The first-order valence-corrected chi connectivity index (χ1v) is 6.41. The lowest BCUT2D eigenvalue weighted by Gasteiger charge is -2.01. The molecule has 116 valence electrons. The molecule has 0 amide bonds. The van der Waals surface area contributed by atoms with Gasteiger partial charge in [0.05, 0.1) is 12.0 Å². The van der Waals surface area contributed by atoms with E-state index in [0.717, 1.165) is 11.6 Å². The highest BCUT2D eigenvalue weighted by atomic mass is 16.4. The number of nitrogens with zero attached hydrogens (tertiary/aromatic N) is 1. The molecule has 0 aliphatic heterocycles. The van der Waals surface area contributed by atoms with Crippen molar-refractivity contribution in [2.45, 2.75) is 12.5 Å². The Kier molecular flexibility index (Phi) is 7.07. The lowest BCUT2D eigenvalue weighted by Crippen LogP contribution is -2.32. The van der Waals surface area contributed by atoms with Crippen LogP contribution >= 0.6 is 0 Å². The molecule has 0 unspecified atom stereocenters. The van der Waals surface area contributed by atoms with Gasteiger partial charge in [0.15, 0.2) is 0 Å². The molecule has 1 aromatic carbocycles. The fraction of sp³-hybridized carbons (Fsp3) is 0.133.